The van der Waals surface area contributed by atoms with Gasteiger partial charge >= 0.3 is 6.03 Å². The molecular weight excluding hydrogens is 254 g/mol. The van der Waals surface area contributed by atoms with Crippen LogP contribution in [0.15, 0.2) is 0 Å². The van der Waals surface area contributed by atoms with E-state index in [1.54, 1.807) is 0 Å². The van der Waals surface area contributed by atoms with Crippen molar-refractivity contribution in [2.75, 3.05) is 11.9 Å². The number of aryl methyl sites for hydroxylation is 1. The van der Waals surface area contributed by atoms with Crippen molar-refractivity contribution in [2.45, 2.75) is 32.2 Å². The van der Waals surface area contributed by atoms with Gasteiger partial charge in [0.05, 0.1) is 0 Å². The zero-order valence-electron chi connectivity index (χ0n) is 10.0. The molecule has 0 bridgehead atoms. The van der Waals surface area contributed by atoms with Gasteiger partial charge in [-0.3, -0.25) is 10.1 Å². The minimum Gasteiger partial charge on any atom is -0.336 e. The van der Waals surface area contributed by atoms with Crippen molar-refractivity contribution in [2.24, 2.45) is 0 Å². The number of nitrogens with one attached hydrogen (secondary N) is 3. The van der Waals surface area contributed by atoms with Crippen molar-refractivity contribution in [1.82, 2.24) is 20.8 Å². The van der Waals surface area contributed by atoms with Gasteiger partial charge in [-0.05, 0) is 6.42 Å². The molecule has 1 saturated heterocycles. The van der Waals surface area contributed by atoms with Crippen molar-refractivity contribution in [3.63, 3.8) is 0 Å². The van der Waals surface area contributed by atoms with E-state index >= 15 is 0 Å². The van der Waals surface area contributed by atoms with Gasteiger partial charge in [0.2, 0.25) is 5.13 Å². The SMILES string of the molecule is CCCCc1nnc(NC(=O)[C@H]2CNC(=O)N2)s1. The number of carbonyl (C=O) groups is 2. The fourth-order valence-electron chi connectivity index (χ4n) is 1.54. The highest BCUT2D eigenvalue weighted by molar-refractivity contribution is 7.15. The molecule has 0 spiro atoms. The molecule has 2 rings (SSSR count). The number of amides is 3. The lowest BCUT2D eigenvalue weighted by atomic mass is 10.3. The van der Waals surface area contributed by atoms with E-state index in [1.165, 1.54) is 11.3 Å². The molecule has 0 saturated carbocycles. The van der Waals surface area contributed by atoms with E-state index in [1.807, 2.05) is 0 Å². The summed E-state index contributed by atoms with van der Waals surface area (Å²) in [6.07, 6.45) is 3.04. The highest BCUT2D eigenvalue weighted by atomic mass is 32.1. The van der Waals surface area contributed by atoms with E-state index in [-0.39, 0.29) is 11.9 Å². The lowest BCUT2D eigenvalue weighted by molar-refractivity contribution is -0.117. The molecule has 0 radical (unpaired) electrons. The number of hydrogen-bond donors (Lipinski definition) is 3. The van der Waals surface area contributed by atoms with Gasteiger partial charge in [-0.1, -0.05) is 24.7 Å². The van der Waals surface area contributed by atoms with Gasteiger partial charge < -0.3 is 10.6 Å². The van der Waals surface area contributed by atoms with Crippen LogP contribution >= 0.6 is 11.3 Å². The Balaban J connectivity index is 1.87. The van der Waals surface area contributed by atoms with Gasteiger partial charge in [0.1, 0.15) is 11.0 Å². The number of hydrogen-bond acceptors (Lipinski definition) is 5. The molecule has 2 heterocycles. The van der Waals surface area contributed by atoms with E-state index in [0.29, 0.717) is 11.7 Å². The number of carbonyl (C=O) groups excluding carboxylic acids is 2. The average molecular weight is 269 g/mol. The molecule has 98 valence electrons. The number of anilines is 1. The normalized spacial score (nSPS) is 18.3. The Kier molecular flexibility index (Phi) is 4.08. The Bertz CT molecular complexity index is 447. The first kappa shape index (κ1) is 12.7. The first-order chi connectivity index (χ1) is 8.69. The van der Waals surface area contributed by atoms with Crippen LogP contribution in [0.5, 0.6) is 0 Å². The summed E-state index contributed by atoms with van der Waals surface area (Å²) in [4.78, 5) is 22.7. The third-order valence-electron chi connectivity index (χ3n) is 2.53. The number of aromatic nitrogens is 2. The van der Waals surface area contributed by atoms with Crippen molar-refractivity contribution < 1.29 is 9.59 Å². The van der Waals surface area contributed by atoms with Gasteiger partial charge in [0.25, 0.3) is 5.91 Å². The smallest absolute Gasteiger partial charge is 0.315 e. The lowest BCUT2D eigenvalue weighted by Crippen LogP contribution is -2.38. The summed E-state index contributed by atoms with van der Waals surface area (Å²) >= 11 is 1.37. The first-order valence-corrected chi connectivity index (χ1v) is 6.68. The van der Waals surface area contributed by atoms with Crippen LogP contribution in [0.4, 0.5) is 9.93 Å². The molecule has 0 aromatic carbocycles. The maximum absolute atomic E-state index is 11.8. The molecule has 1 aliphatic rings. The number of unbranched alkanes of at least 4 members (excludes halogenated alkanes) is 1. The molecule has 1 aromatic rings. The summed E-state index contributed by atoms with van der Waals surface area (Å²) in [7, 11) is 0. The van der Waals surface area contributed by atoms with Crippen LogP contribution in [0.25, 0.3) is 0 Å². The Morgan fingerprint density at radius 1 is 1.56 bits per heavy atom. The maximum Gasteiger partial charge on any atom is 0.315 e. The van der Waals surface area contributed by atoms with Gasteiger partial charge in [-0.25, -0.2) is 4.79 Å². The Labute approximate surface area is 108 Å². The van der Waals surface area contributed by atoms with Crippen LogP contribution in [0.3, 0.4) is 0 Å². The van der Waals surface area contributed by atoms with E-state index in [0.717, 1.165) is 24.3 Å². The van der Waals surface area contributed by atoms with Gasteiger partial charge in [0, 0.05) is 13.0 Å². The van der Waals surface area contributed by atoms with E-state index in [9.17, 15) is 9.59 Å². The Morgan fingerprint density at radius 2 is 2.39 bits per heavy atom. The molecule has 0 aliphatic carbocycles. The average Bonchev–Trinajstić information content (AvgIpc) is 2.96. The third-order valence-corrected chi connectivity index (χ3v) is 3.43. The molecule has 8 heteroatoms. The molecule has 1 aromatic heterocycles. The van der Waals surface area contributed by atoms with Gasteiger partial charge in [-0.2, -0.15) is 0 Å². The standard InChI is InChI=1S/C10H15N5O2S/c1-2-3-4-7-14-15-10(18-7)13-8(16)6-5-11-9(17)12-6/h6H,2-5H2,1H3,(H2,11,12,17)(H,13,15,16)/t6-/m1/s1. The predicted octanol–water partition coefficient (Wildman–Crippen LogP) is 0.501. The second-order valence-corrected chi connectivity index (χ2v) is 5.06. The van der Waals surface area contributed by atoms with Crippen molar-refractivity contribution in [1.29, 1.82) is 0 Å². The second kappa shape index (κ2) is 5.76. The zero-order valence-corrected chi connectivity index (χ0v) is 10.8. The monoisotopic (exact) mass is 269 g/mol. The maximum atomic E-state index is 11.8. The summed E-state index contributed by atoms with van der Waals surface area (Å²) in [5.41, 5.74) is 0. The Morgan fingerprint density at radius 3 is 3.06 bits per heavy atom. The summed E-state index contributed by atoms with van der Waals surface area (Å²) in [6, 6.07) is -0.864. The van der Waals surface area contributed by atoms with Crippen molar-refractivity contribution >= 4 is 28.4 Å². The quantitative estimate of drug-likeness (QED) is 0.725. The molecule has 3 amide bonds. The highest BCUT2D eigenvalue weighted by Crippen LogP contribution is 2.17. The predicted molar refractivity (Wildman–Crippen MR) is 67.5 cm³/mol. The molecule has 1 aliphatic heterocycles. The minimum absolute atomic E-state index is 0.272. The van der Waals surface area contributed by atoms with E-state index in [4.69, 9.17) is 0 Å². The van der Waals surface area contributed by atoms with Crippen molar-refractivity contribution in [3.05, 3.63) is 5.01 Å². The van der Waals surface area contributed by atoms with Crippen LogP contribution in [-0.2, 0) is 11.2 Å². The van der Waals surface area contributed by atoms with E-state index in [2.05, 4.69) is 33.1 Å². The number of urea groups is 1. The molecule has 7 nitrogen and oxygen atoms in total. The van der Waals surface area contributed by atoms with Crippen LogP contribution < -0.4 is 16.0 Å². The van der Waals surface area contributed by atoms with Crippen LogP contribution in [0, 0.1) is 0 Å². The topological polar surface area (TPSA) is 96.0 Å². The fraction of sp³-hybridized carbons (Fsp3) is 0.600. The van der Waals surface area contributed by atoms with Crippen molar-refractivity contribution in [3.8, 4) is 0 Å². The molecule has 1 atom stereocenters. The van der Waals surface area contributed by atoms with Gasteiger partial charge in [0.15, 0.2) is 0 Å². The molecule has 0 unspecified atom stereocenters. The zero-order chi connectivity index (χ0) is 13.0. The first-order valence-electron chi connectivity index (χ1n) is 5.86. The largest absolute Gasteiger partial charge is 0.336 e. The third kappa shape index (κ3) is 3.16. The second-order valence-electron chi connectivity index (χ2n) is 4.00. The molecular formula is C10H15N5O2S. The highest BCUT2D eigenvalue weighted by Gasteiger charge is 2.27. The summed E-state index contributed by atoms with van der Waals surface area (Å²) in [5.74, 6) is -0.272. The minimum atomic E-state index is -0.541. The van der Waals surface area contributed by atoms with Crippen LogP contribution in [0.2, 0.25) is 0 Å². The lowest BCUT2D eigenvalue weighted by Gasteiger charge is -2.06. The van der Waals surface area contributed by atoms with Gasteiger partial charge in [-0.15, -0.1) is 10.2 Å². The Hall–Kier alpha value is -1.70. The summed E-state index contributed by atoms with van der Waals surface area (Å²) in [5, 5.41) is 17.0. The fourth-order valence-corrected chi connectivity index (χ4v) is 2.32. The number of nitrogens with zero attached hydrogens (tertiary/aromatic N) is 2. The summed E-state index contributed by atoms with van der Waals surface area (Å²) < 4.78 is 0. The summed E-state index contributed by atoms with van der Waals surface area (Å²) in [6.45, 7) is 2.41. The number of rotatable bonds is 5. The molecule has 1 fully saturated rings. The molecule has 18 heavy (non-hydrogen) atoms. The van der Waals surface area contributed by atoms with Crippen LogP contribution in [-0.4, -0.2) is 34.7 Å². The van der Waals surface area contributed by atoms with E-state index < -0.39 is 6.04 Å². The molecule has 3 N–H and O–H groups in total. The van der Waals surface area contributed by atoms with Crippen LogP contribution in [0.1, 0.15) is 24.8 Å².